The molecule has 0 unspecified atom stereocenters. The molecule has 0 spiro atoms. The molecular weight excluding hydrogens is 210 g/mol. The SMILES string of the molecule is C=NNCn1c2ccccc2c2ccccc21. The van der Waals surface area contributed by atoms with Gasteiger partial charge in [-0.05, 0) is 12.1 Å². The zero-order valence-electron chi connectivity index (χ0n) is 9.43. The van der Waals surface area contributed by atoms with Gasteiger partial charge in [0.2, 0.25) is 0 Å². The quantitative estimate of drug-likeness (QED) is 0.537. The summed E-state index contributed by atoms with van der Waals surface area (Å²) >= 11 is 0. The minimum Gasteiger partial charge on any atom is -0.321 e. The van der Waals surface area contributed by atoms with Crippen molar-refractivity contribution in [2.75, 3.05) is 0 Å². The van der Waals surface area contributed by atoms with Crippen molar-refractivity contribution in [3.8, 4) is 0 Å². The van der Waals surface area contributed by atoms with Gasteiger partial charge in [-0.3, -0.25) is 5.43 Å². The molecule has 3 aromatic rings. The van der Waals surface area contributed by atoms with E-state index in [1.165, 1.54) is 21.8 Å². The number of nitrogens with zero attached hydrogens (tertiary/aromatic N) is 2. The Morgan fingerprint density at radius 2 is 1.47 bits per heavy atom. The molecule has 0 saturated carbocycles. The molecule has 1 aromatic heterocycles. The maximum absolute atomic E-state index is 3.70. The first-order valence-corrected chi connectivity index (χ1v) is 5.56. The summed E-state index contributed by atoms with van der Waals surface area (Å²) in [7, 11) is 0. The van der Waals surface area contributed by atoms with E-state index < -0.39 is 0 Å². The third kappa shape index (κ3) is 1.47. The van der Waals surface area contributed by atoms with Gasteiger partial charge in [-0.1, -0.05) is 36.4 Å². The molecule has 0 fully saturated rings. The molecule has 1 N–H and O–H groups in total. The van der Waals surface area contributed by atoms with Crippen LogP contribution in [-0.2, 0) is 6.67 Å². The van der Waals surface area contributed by atoms with E-state index in [0.29, 0.717) is 6.67 Å². The summed E-state index contributed by atoms with van der Waals surface area (Å²) in [6.45, 7) is 4.08. The molecule has 84 valence electrons. The lowest BCUT2D eigenvalue weighted by Crippen LogP contribution is -2.11. The van der Waals surface area contributed by atoms with Crippen LogP contribution in [0, 0.1) is 0 Å². The van der Waals surface area contributed by atoms with E-state index in [2.05, 4.69) is 70.3 Å². The van der Waals surface area contributed by atoms with Crippen LogP contribution in [0.25, 0.3) is 21.8 Å². The lowest BCUT2D eigenvalue weighted by atomic mass is 10.2. The van der Waals surface area contributed by atoms with Gasteiger partial charge in [0.15, 0.2) is 0 Å². The predicted octanol–water partition coefficient (Wildman–Crippen LogP) is 2.96. The number of fused-ring (bicyclic) bond motifs is 3. The largest absolute Gasteiger partial charge is 0.321 e. The van der Waals surface area contributed by atoms with E-state index in [-0.39, 0.29) is 0 Å². The number of hydrazone groups is 1. The summed E-state index contributed by atoms with van der Waals surface area (Å²) < 4.78 is 2.21. The molecular formula is C14H13N3. The average Bonchev–Trinajstić information content (AvgIpc) is 2.71. The van der Waals surface area contributed by atoms with Crippen molar-refractivity contribution < 1.29 is 0 Å². The second-order valence-electron chi connectivity index (χ2n) is 3.94. The van der Waals surface area contributed by atoms with Gasteiger partial charge >= 0.3 is 0 Å². The van der Waals surface area contributed by atoms with E-state index >= 15 is 0 Å². The topological polar surface area (TPSA) is 29.3 Å². The maximum Gasteiger partial charge on any atom is 0.109 e. The van der Waals surface area contributed by atoms with E-state index in [9.17, 15) is 0 Å². The van der Waals surface area contributed by atoms with Crippen molar-refractivity contribution in [3.63, 3.8) is 0 Å². The van der Waals surface area contributed by atoms with E-state index in [1.54, 1.807) is 0 Å². The number of rotatable bonds is 3. The van der Waals surface area contributed by atoms with Gasteiger partial charge in [0, 0.05) is 17.5 Å². The number of nitrogens with one attached hydrogen (secondary N) is 1. The van der Waals surface area contributed by atoms with Gasteiger partial charge in [0.05, 0.1) is 11.0 Å². The zero-order valence-corrected chi connectivity index (χ0v) is 9.43. The molecule has 3 rings (SSSR count). The average molecular weight is 223 g/mol. The van der Waals surface area contributed by atoms with E-state index in [4.69, 9.17) is 0 Å². The Morgan fingerprint density at radius 3 is 2.00 bits per heavy atom. The van der Waals surface area contributed by atoms with Crippen molar-refractivity contribution in [1.29, 1.82) is 0 Å². The Balaban J connectivity index is 2.37. The van der Waals surface area contributed by atoms with Crippen molar-refractivity contribution in [1.82, 2.24) is 9.99 Å². The molecule has 0 aliphatic heterocycles. The standard InChI is InChI=1S/C14H13N3/c1-15-16-10-17-13-8-4-2-6-11(13)12-7-3-5-9-14(12)17/h2-9,16H,1,10H2. The first kappa shape index (κ1) is 9.90. The fourth-order valence-corrected chi connectivity index (χ4v) is 2.29. The second-order valence-corrected chi connectivity index (χ2v) is 3.94. The molecule has 0 aliphatic rings. The third-order valence-corrected chi connectivity index (χ3v) is 3.02. The summed E-state index contributed by atoms with van der Waals surface area (Å²) in [5, 5.41) is 6.25. The smallest absolute Gasteiger partial charge is 0.109 e. The monoisotopic (exact) mass is 223 g/mol. The van der Waals surface area contributed by atoms with E-state index in [0.717, 1.165) is 0 Å². The summed E-state index contributed by atoms with van der Waals surface area (Å²) in [6, 6.07) is 16.8. The summed E-state index contributed by atoms with van der Waals surface area (Å²) in [6.07, 6.45) is 0. The summed E-state index contributed by atoms with van der Waals surface area (Å²) in [5.74, 6) is 0. The van der Waals surface area contributed by atoms with Crippen molar-refractivity contribution in [3.05, 3.63) is 48.5 Å². The maximum atomic E-state index is 3.70. The first-order valence-electron chi connectivity index (χ1n) is 5.56. The van der Waals surface area contributed by atoms with Crippen molar-refractivity contribution in [2.24, 2.45) is 5.10 Å². The molecule has 2 aromatic carbocycles. The fraction of sp³-hybridized carbons (Fsp3) is 0.0714. The molecule has 0 amide bonds. The van der Waals surface area contributed by atoms with Gasteiger partial charge in [-0.25, -0.2) is 0 Å². The molecule has 0 bridgehead atoms. The number of hydrogen-bond donors (Lipinski definition) is 1. The van der Waals surface area contributed by atoms with Crippen LogP contribution >= 0.6 is 0 Å². The molecule has 3 nitrogen and oxygen atoms in total. The van der Waals surface area contributed by atoms with Crippen LogP contribution in [0.5, 0.6) is 0 Å². The molecule has 3 heteroatoms. The van der Waals surface area contributed by atoms with Crippen LogP contribution in [0.1, 0.15) is 0 Å². The van der Waals surface area contributed by atoms with Gasteiger partial charge in [-0.2, -0.15) is 5.10 Å². The van der Waals surface area contributed by atoms with Crippen LogP contribution in [0.3, 0.4) is 0 Å². The minimum atomic E-state index is 0.636. The second kappa shape index (κ2) is 3.94. The summed E-state index contributed by atoms with van der Waals surface area (Å²) in [5.41, 5.74) is 5.34. The van der Waals surface area contributed by atoms with Gasteiger partial charge in [-0.15, -0.1) is 0 Å². The Morgan fingerprint density at radius 1 is 0.941 bits per heavy atom. The Labute approximate surface area is 99.4 Å². The highest BCUT2D eigenvalue weighted by atomic mass is 15.3. The van der Waals surface area contributed by atoms with Gasteiger partial charge in [0.1, 0.15) is 6.67 Å². The lowest BCUT2D eigenvalue weighted by molar-refractivity contribution is 0.615. The number of aromatic nitrogens is 1. The minimum absolute atomic E-state index is 0.636. The number of para-hydroxylation sites is 2. The molecule has 0 radical (unpaired) electrons. The Hall–Kier alpha value is -2.29. The Kier molecular flexibility index (Phi) is 2.29. The van der Waals surface area contributed by atoms with E-state index in [1.807, 2.05) is 0 Å². The van der Waals surface area contributed by atoms with Gasteiger partial charge in [0.25, 0.3) is 0 Å². The van der Waals surface area contributed by atoms with Crippen molar-refractivity contribution >= 4 is 28.5 Å². The number of benzene rings is 2. The highest BCUT2D eigenvalue weighted by Gasteiger charge is 2.08. The molecule has 0 aliphatic carbocycles. The summed E-state index contributed by atoms with van der Waals surface area (Å²) in [4.78, 5) is 0. The van der Waals surface area contributed by atoms with Crippen molar-refractivity contribution in [2.45, 2.75) is 6.67 Å². The van der Waals surface area contributed by atoms with Crippen LogP contribution < -0.4 is 5.43 Å². The third-order valence-electron chi connectivity index (χ3n) is 3.02. The van der Waals surface area contributed by atoms with Crippen LogP contribution in [0.15, 0.2) is 53.6 Å². The molecule has 0 saturated heterocycles. The predicted molar refractivity (Wildman–Crippen MR) is 72.1 cm³/mol. The van der Waals surface area contributed by atoms with Gasteiger partial charge < -0.3 is 4.57 Å². The highest BCUT2D eigenvalue weighted by molar-refractivity contribution is 6.07. The highest BCUT2D eigenvalue weighted by Crippen LogP contribution is 2.27. The number of hydrogen-bond acceptors (Lipinski definition) is 2. The molecule has 0 atom stereocenters. The van der Waals surface area contributed by atoms with Crippen LogP contribution in [0.2, 0.25) is 0 Å². The molecule has 17 heavy (non-hydrogen) atoms. The normalized spacial score (nSPS) is 10.8. The Bertz CT molecular complexity index is 629. The fourth-order valence-electron chi connectivity index (χ4n) is 2.29. The van der Waals surface area contributed by atoms with Crippen LogP contribution in [-0.4, -0.2) is 11.3 Å². The lowest BCUT2D eigenvalue weighted by Gasteiger charge is -2.05. The zero-order chi connectivity index (χ0) is 11.7. The van der Waals surface area contributed by atoms with Crippen LogP contribution in [0.4, 0.5) is 0 Å². The first-order chi connectivity index (χ1) is 8.42. The molecule has 1 heterocycles.